The summed E-state index contributed by atoms with van der Waals surface area (Å²) in [5, 5.41) is 8.43. The van der Waals surface area contributed by atoms with Gasteiger partial charge in [0.15, 0.2) is 5.58 Å². The van der Waals surface area contributed by atoms with Crippen LogP contribution in [0.15, 0.2) is 28.8 Å². The van der Waals surface area contributed by atoms with Crippen molar-refractivity contribution in [3.63, 3.8) is 0 Å². The molecule has 0 atom stereocenters. The highest BCUT2D eigenvalue weighted by Crippen LogP contribution is 2.20. The highest BCUT2D eigenvalue weighted by Gasteiger charge is 2.14. The first-order valence-electron chi connectivity index (χ1n) is 5.69. The number of carbonyl (C=O) groups is 1. The molecule has 3 rings (SSSR count). The van der Waals surface area contributed by atoms with Gasteiger partial charge in [-0.25, -0.2) is 0 Å². The molecule has 0 fully saturated rings. The number of benzene rings is 1. The van der Waals surface area contributed by atoms with Gasteiger partial charge in [-0.1, -0.05) is 33.4 Å². The van der Waals surface area contributed by atoms with Crippen LogP contribution in [-0.2, 0) is 22.6 Å². The minimum absolute atomic E-state index is 0.00392. The third-order valence-electron chi connectivity index (χ3n) is 2.64. The van der Waals surface area contributed by atoms with Gasteiger partial charge < -0.3 is 9.26 Å². The fraction of sp³-hybridized carbons (Fsp3) is 0.167. The Kier molecular flexibility index (Phi) is 3.62. The predicted octanol–water partition coefficient (Wildman–Crippen LogP) is 2.62. The van der Waals surface area contributed by atoms with Gasteiger partial charge in [0.25, 0.3) is 0 Å². The molecule has 0 unspecified atom stereocenters. The van der Waals surface area contributed by atoms with E-state index in [0.29, 0.717) is 21.3 Å². The van der Waals surface area contributed by atoms with Crippen molar-refractivity contribution in [2.24, 2.45) is 0 Å². The molecule has 8 heteroatoms. The molecule has 0 aliphatic rings. The van der Waals surface area contributed by atoms with Crippen LogP contribution in [-0.4, -0.2) is 20.7 Å². The van der Waals surface area contributed by atoms with E-state index in [9.17, 15) is 4.79 Å². The predicted molar refractivity (Wildman–Crippen MR) is 72.4 cm³/mol. The maximum atomic E-state index is 11.8. The Balaban J connectivity index is 1.66. The van der Waals surface area contributed by atoms with Crippen molar-refractivity contribution in [2.45, 2.75) is 13.0 Å². The van der Waals surface area contributed by atoms with E-state index in [0.717, 1.165) is 16.9 Å². The second-order valence-corrected chi connectivity index (χ2v) is 5.31. The summed E-state index contributed by atoms with van der Waals surface area (Å²) >= 11 is 6.87. The van der Waals surface area contributed by atoms with Crippen LogP contribution in [0.4, 0.5) is 0 Å². The van der Waals surface area contributed by atoms with Crippen LogP contribution in [0.5, 0.6) is 0 Å². The molecular weight excluding hydrogens is 302 g/mol. The molecular formula is C12H8ClN3O3S. The SMILES string of the molecule is O=C(Cc1noc2ccccc12)OCc1nnsc1Cl. The minimum Gasteiger partial charge on any atom is -0.459 e. The van der Waals surface area contributed by atoms with Crippen molar-refractivity contribution >= 4 is 40.1 Å². The zero-order chi connectivity index (χ0) is 13.9. The molecule has 20 heavy (non-hydrogen) atoms. The third-order valence-corrected chi connectivity index (χ3v) is 3.63. The summed E-state index contributed by atoms with van der Waals surface area (Å²) in [6.45, 7) is 0.00392. The Morgan fingerprint density at radius 2 is 2.20 bits per heavy atom. The summed E-state index contributed by atoms with van der Waals surface area (Å²) < 4.78 is 14.3. The van der Waals surface area contributed by atoms with Crippen LogP contribution in [0, 0.1) is 0 Å². The largest absolute Gasteiger partial charge is 0.459 e. The zero-order valence-corrected chi connectivity index (χ0v) is 11.6. The van der Waals surface area contributed by atoms with Crippen LogP contribution >= 0.6 is 23.1 Å². The number of hydrogen-bond acceptors (Lipinski definition) is 7. The molecule has 102 valence electrons. The molecule has 0 radical (unpaired) electrons. The quantitative estimate of drug-likeness (QED) is 0.689. The molecule has 0 spiro atoms. The van der Waals surface area contributed by atoms with E-state index in [1.165, 1.54) is 0 Å². The van der Waals surface area contributed by atoms with Gasteiger partial charge >= 0.3 is 5.97 Å². The maximum Gasteiger partial charge on any atom is 0.312 e. The standard InChI is InChI=1S/C12H8ClN3O3S/c13-12-9(14-16-20-12)6-18-11(17)5-8-7-3-1-2-4-10(7)19-15-8/h1-4H,5-6H2. The van der Waals surface area contributed by atoms with E-state index in [2.05, 4.69) is 14.7 Å². The van der Waals surface area contributed by atoms with Crippen LogP contribution < -0.4 is 0 Å². The Bertz CT molecular complexity index is 755. The lowest BCUT2D eigenvalue weighted by molar-refractivity contribution is -0.144. The Morgan fingerprint density at radius 3 is 3.00 bits per heavy atom. The minimum atomic E-state index is -0.423. The zero-order valence-electron chi connectivity index (χ0n) is 10.1. The van der Waals surface area contributed by atoms with Gasteiger partial charge in [-0.2, -0.15) is 0 Å². The van der Waals surface area contributed by atoms with Crippen molar-refractivity contribution in [3.8, 4) is 0 Å². The van der Waals surface area contributed by atoms with E-state index >= 15 is 0 Å². The average Bonchev–Trinajstić information content (AvgIpc) is 3.04. The normalized spacial score (nSPS) is 10.8. The lowest BCUT2D eigenvalue weighted by Crippen LogP contribution is -2.08. The molecule has 1 aromatic carbocycles. The van der Waals surface area contributed by atoms with Crippen molar-refractivity contribution in [2.75, 3.05) is 0 Å². The number of nitrogens with zero attached hydrogens (tertiary/aromatic N) is 3. The third kappa shape index (κ3) is 2.63. The summed E-state index contributed by atoms with van der Waals surface area (Å²) in [7, 11) is 0. The van der Waals surface area contributed by atoms with Gasteiger partial charge in [-0.3, -0.25) is 4.79 Å². The second-order valence-electron chi connectivity index (χ2n) is 3.96. The summed E-state index contributed by atoms with van der Waals surface area (Å²) in [5.41, 5.74) is 1.64. The lowest BCUT2D eigenvalue weighted by atomic mass is 10.2. The van der Waals surface area contributed by atoms with Crippen LogP contribution in [0.25, 0.3) is 11.0 Å². The second kappa shape index (κ2) is 5.56. The number of aromatic nitrogens is 3. The number of esters is 1. The van der Waals surface area contributed by atoms with Crippen LogP contribution in [0.3, 0.4) is 0 Å². The van der Waals surface area contributed by atoms with Gasteiger partial charge in [-0.05, 0) is 12.1 Å². The van der Waals surface area contributed by atoms with Crippen molar-refractivity contribution in [3.05, 3.63) is 40.0 Å². The highest BCUT2D eigenvalue weighted by molar-refractivity contribution is 7.10. The van der Waals surface area contributed by atoms with E-state index in [4.69, 9.17) is 20.9 Å². The Hall–Kier alpha value is -1.99. The molecule has 0 amide bonds. The van der Waals surface area contributed by atoms with E-state index in [1.54, 1.807) is 6.07 Å². The monoisotopic (exact) mass is 309 g/mol. The Morgan fingerprint density at radius 1 is 1.35 bits per heavy atom. The first kappa shape index (κ1) is 13.0. The van der Waals surface area contributed by atoms with Crippen LogP contribution in [0.2, 0.25) is 4.34 Å². The van der Waals surface area contributed by atoms with Gasteiger partial charge in [0.2, 0.25) is 0 Å². The first-order valence-corrected chi connectivity index (χ1v) is 6.85. The fourth-order valence-electron chi connectivity index (χ4n) is 1.69. The molecule has 3 aromatic rings. The van der Waals surface area contributed by atoms with E-state index in [1.807, 2.05) is 18.2 Å². The summed E-state index contributed by atoms with van der Waals surface area (Å²) in [6, 6.07) is 7.33. The molecule has 0 N–H and O–H groups in total. The molecule has 2 heterocycles. The number of carbonyl (C=O) groups excluding carboxylic acids is 1. The molecule has 0 saturated heterocycles. The van der Waals surface area contributed by atoms with E-state index in [-0.39, 0.29) is 13.0 Å². The molecule has 0 bridgehead atoms. The number of hydrogen-bond donors (Lipinski definition) is 0. The number of rotatable bonds is 4. The molecule has 0 aliphatic carbocycles. The summed E-state index contributed by atoms with van der Waals surface area (Å²) in [5.74, 6) is -0.423. The number of para-hydroxylation sites is 1. The molecule has 0 aliphatic heterocycles. The fourth-order valence-corrected chi connectivity index (χ4v) is 2.29. The number of halogens is 1. The van der Waals surface area contributed by atoms with Gasteiger partial charge in [-0.15, -0.1) is 5.10 Å². The van der Waals surface area contributed by atoms with E-state index < -0.39 is 5.97 Å². The smallest absolute Gasteiger partial charge is 0.312 e. The average molecular weight is 310 g/mol. The summed E-state index contributed by atoms with van der Waals surface area (Å²) in [4.78, 5) is 11.8. The topological polar surface area (TPSA) is 78.1 Å². The maximum absolute atomic E-state index is 11.8. The number of fused-ring (bicyclic) bond motifs is 1. The first-order chi connectivity index (χ1) is 9.74. The molecule has 6 nitrogen and oxygen atoms in total. The van der Waals surface area contributed by atoms with Gasteiger partial charge in [0, 0.05) is 16.9 Å². The number of ether oxygens (including phenoxy) is 1. The lowest BCUT2D eigenvalue weighted by Gasteiger charge is -2.01. The van der Waals surface area contributed by atoms with Crippen molar-refractivity contribution < 1.29 is 14.1 Å². The van der Waals surface area contributed by atoms with Gasteiger partial charge in [0.05, 0.1) is 6.42 Å². The highest BCUT2D eigenvalue weighted by atomic mass is 35.5. The molecule has 0 saturated carbocycles. The molecule has 2 aromatic heterocycles. The van der Waals surface area contributed by atoms with Crippen molar-refractivity contribution in [1.82, 2.24) is 14.7 Å². The van der Waals surface area contributed by atoms with Gasteiger partial charge in [0.1, 0.15) is 22.3 Å². The van der Waals surface area contributed by atoms with Crippen molar-refractivity contribution in [1.29, 1.82) is 0 Å². The Labute approximate surface area is 122 Å². The van der Waals surface area contributed by atoms with Crippen LogP contribution in [0.1, 0.15) is 11.4 Å². The summed E-state index contributed by atoms with van der Waals surface area (Å²) in [6.07, 6.45) is 0.0339.